The molecule has 2 atom stereocenters. The summed E-state index contributed by atoms with van der Waals surface area (Å²) in [4.78, 5) is 23.4. The molecule has 1 aliphatic rings. The third-order valence-electron chi connectivity index (χ3n) is 6.44. The van der Waals surface area contributed by atoms with E-state index in [0.717, 1.165) is 5.56 Å². The Morgan fingerprint density at radius 3 is 2.64 bits per heavy atom. The molecule has 11 nitrogen and oxygen atoms in total. The van der Waals surface area contributed by atoms with Gasteiger partial charge in [0.2, 0.25) is 5.91 Å². The molecule has 14 heteroatoms. The Morgan fingerprint density at radius 2 is 1.94 bits per heavy atom. The van der Waals surface area contributed by atoms with E-state index in [9.17, 15) is 9.18 Å². The summed E-state index contributed by atoms with van der Waals surface area (Å²) in [5, 5.41) is 19.3. The number of halogens is 3. The number of anilines is 1. The van der Waals surface area contributed by atoms with Gasteiger partial charge in [0.1, 0.15) is 5.02 Å². The summed E-state index contributed by atoms with van der Waals surface area (Å²) < 4.78 is 17.4. The summed E-state index contributed by atoms with van der Waals surface area (Å²) in [7, 11) is 1.80. The number of aryl methyl sites for hydroxylation is 1. The van der Waals surface area contributed by atoms with Gasteiger partial charge in [-0.2, -0.15) is 19.7 Å². The van der Waals surface area contributed by atoms with Crippen LogP contribution in [0.2, 0.25) is 10.0 Å². The van der Waals surface area contributed by atoms with Crippen molar-refractivity contribution >= 4 is 40.4 Å². The van der Waals surface area contributed by atoms with Crippen LogP contribution in [0.1, 0.15) is 36.1 Å². The van der Waals surface area contributed by atoms with Crippen LogP contribution in [0.3, 0.4) is 0 Å². The van der Waals surface area contributed by atoms with E-state index in [0.29, 0.717) is 29.2 Å². The quantitative estimate of drug-likeness (QED) is 0.381. The molecule has 36 heavy (non-hydrogen) atoms. The van der Waals surface area contributed by atoms with Crippen LogP contribution in [0, 0.1) is 5.95 Å². The first-order valence-corrected chi connectivity index (χ1v) is 11.6. The van der Waals surface area contributed by atoms with Crippen LogP contribution in [0.25, 0.3) is 11.5 Å². The lowest BCUT2D eigenvalue weighted by Crippen LogP contribution is -2.25. The fraction of sp³-hybridized carbons (Fsp3) is 0.227. The maximum absolute atomic E-state index is 14.3. The maximum Gasteiger partial charge on any atom is 0.253 e. The van der Waals surface area contributed by atoms with Crippen LogP contribution in [0.5, 0.6) is 0 Å². The highest BCUT2D eigenvalue weighted by molar-refractivity contribution is 6.33. The minimum Gasteiger partial charge on any atom is -0.324 e. The Hall–Kier alpha value is -3.90. The van der Waals surface area contributed by atoms with E-state index < -0.39 is 17.3 Å². The third-order valence-corrected chi connectivity index (χ3v) is 7.05. The zero-order valence-electron chi connectivity index (χ0n) is 18.9. The van der Waals surface area contributed by atoms with Crippen molar-refractivity contribution in [2.24, 2.45) is 7.05 Å². The summed E-state index contributed by atoms with van der Waals surface area (Å²) >= 11 is 12.5. The van der Waals surface area contributed by atoms with E-state index in [2.05, 4.69) is 35.7 Å². The second-order valence-electron chi connectivity index (χ2n) is 8.73. The van der Waals surface area contributed by atoms with Crippen LogP contribution in [0.15, 0.2) is 43.2 Å². The minimum absolute atomic E-state index is 0.174. The van der Waals surface area contributed by atoms with Crippen molar-refractivity contribution < 1.29 is 9.18 Å². The van der Waals surface area contributed by atoms with Crippen LogP contribution < -0.4 is 5.32 Å². The van der Waals surface area contributed by atoms with E-state index in [-0.39, 0.29) is 21.6 Å². The number of hydrogen-bond donors (Lipinski definition) is 1. The number of carbonyl (C=O) groups is 1. The molecule has 5 aromatic rings. The van der Waals surface area contributed by atoms with Crippen LogP contribution in [0.4, 0.5) is 10.1 Å². The standard InChI is InChI=1S/C22H17Cl2FN10O/c1-22(11-7-30-33(2)10-11)6-13(14-9-27-20-16(24)18(25)32-34(20)17(14)22)21(36)31-12-5-15(23)19(26-8-12)35-28-3-4-29-35/h3-5,7-10,13H,6H2,1-2H3,(H,31,36)/t13-,22+/m1/s1. The van der Waals surface area contributed by atoms with Gasteiger partial charge in [0.15, 0.2) is 11.5 Å². The van der Waals surface area contributed by atoms with Gasteiger partial charge in [-0.3, -0.25) is 9.48 Å². The molecule has 0 saturated carbocycles. The summed E-state index contributed by atoms with van der Waals surface area (Å²) in [6.45, 7) is 1.97. The van der Waals surface area contributed by atoms with Crippen molar-refractivity contribution in [2.45, 2.75) is 24.7 Å². The monoisotopic (exact) mass is 526 g/mol. The molecule has 1 amide bonds. The van der Waals surface area contributed by atoms with Crippen LogP contribution >= 0.6 is 23.2 Å². The van der Waals surface area contributed by atoms with Crippen molar-refractivity contribution in [2.75, 3.05) is 5.32 Å². The Kier molecular flexibility index (Phi) is 5.05. The fourth-order valence-corrected chi connectivity index (χ4v) is 5.17. The molecule has 0 fully saturated rings. The number of amides is 1. The molecule has 0 aliphatic heterocycles. The van der Waals surface area contributed by atoms with Crippen molar-refractivity contribution in [3.8, 4) is 5.82 Å². The molecule has 5 aromatic heterocycles. The van der Waals surface area contributed by atoms with E-state index in [1.165, 1.54) is 27.9 Å². The number of carbonyl (C=O) groups excluding carboxylic acids is 1. The first kappa shape index (κ1) is 22.6. The van der Waals surface area contributed by atoms with Crippen molar-refractivity contribution in [1.29, 1.82) is 0 Å². The number of hydrogen-bond acceptors (Lipinski definition) is 7. The van der Waals surface area contributed by atoms with E-state index >= 15 is 0 Å². The first-order valence-electron chi connectivity index (χ1n) is 10.8. The van der Waals surface area contributed by atoms with Gasteiger partial charge >= 0.3 is 0 Å². The van der Waals surface area contributed by atoms with Gasteiger partial charge < -0.3 is 5.32 Å². The molecule has 0 radical (unpaired) electrons. The predicted octanol–water partition coefficient (Wildman–Crippen LogP) is 3.32. The van der Waals surface area contributed by atoms with E-state index in [1.807, 2.05) is 13.1 Å². The second kappa shape index (κ2) is 8.07. The average Bonchev–Trinajstić information content (AvgIpc) is 3.63. The lowest BCUT2D eigenvalue weighted by molar-refractivity contribution is -0.117. The smallest absolute Gasteiger partial charge is 0.253 e. The molecule has 5 heterocycles. The molecule has 0 unspecified atom stereocenters. The first-order chi connectivity index (χ1) is 17.3. The lowest BCUT2D eigenvalue weighted by atomic mass is 9.80. The largest absolute Gasteiger partial charge is 0.324 e. The normalized spacial score (nSPS) is 19.1. The van der Waals surface area contributed by atoms with Gasteiger partial charge in [-0.05, 0) is 19.4 Å². The molecular formula is C22H17Cl2FN10O. The predicted molar refractivity (Wildman–Crippen MR) is 128 cm³/mol. The van der Waals surface area contributed by atoms with Gasteiger partial charge in [-0.15, -0.1) is 9.90 Å². The highest BCUT2D eigenvalue weighted by Crippen LogP contribution is 2.50. The molecule has 0 bridgehead atoms. The van der Waals surface area contributed by atoms with Crippen molar-refractivity contribution in [3.63, 3.8) is 0 Å². The van der Waals surface area contributed by atoms with Gasteiger partial charge in [-0.1, -0.05) is 23.2 Å². The van der Waals surface area contributed by atoms with Gasteiger partial charge in [0.05, 0.1) is 47.1 Å². The maximum atomic E-state index is 14.3. The summed E-state index contributed by atoms with van der Waals surface area (Å²) in [6.07, 6.45) is 10.0. The fourth-order valence-electron chi connectivity index (χ4n) is 4.76. The molecule has 1 aliphatic carbocycles. The molecule has 0 spiro atoms. The number of nitrogens with zero attached hydrogens (tertiary/aromatic N) is 9. The Labute approximate surface area is 212 Å². The summed E-state index contributed by atoms with van der Waals surface area (Å²) in [5.74, 6) is -1.42. The van der Waals surface area contributed by atoms with Crippen LogP contribution in [-0.4, -0.2) is 50.3 Å². The molecule has 6 rings (SSSR count). The van der Waals surface area contributed by atoms with Gasteiger partial charge in [0, 0.05) is 36.0 Å². The van der Waals surface area contributed by atoms with E-state index in [4.69, 9.17) is 23.2 Å². The molecule has 182 valence electrons. The van der Waals surface area contributed by atoms with Gasteiger partial charge in [0.25, 0.3) is 5.95 Å². The average molecular weight is 527 g/mol. The second-order valence-corrected chi connectivity index (χ2v) is 9.52. The SMILES string of the molecule is Cn1cc([C@]2(C)C[C@@H](C(=O)Nc3cnc(-n4nccn4)c(Cl)c3)c3cnc4c(Cl)c(F)nn4c32)cn1. The highest BCUT2D eigenvalue weighted by Gasteiger charge is 2.48. The Balaban J connectivity index is 1.40. The molecule has 0 aromatic carbocycles. The van der Waals surface area contributed by atoms with Gasteiger partial charge in [-0.25, -0.2) is 14.5 Å². The van der Waals surface area contributed by atoms with Crippen molar-refractivity contribution in [3.05, 3.63) is 76.1 Å². The zero-order valence-corrected chi connectivity index (χ0v) is 20.4. The lowest BCUT2D eigenvalue weighted by Gasteiger charge is -2.24. The third kappa shape index (κ3) is 3.36. The topological polar surface area (TPSA) is 121 Å². The highest BCUT2D eigenvalue weighted by atomic mass is 35.5. The molecule has 1 N–H and O–H groups in total. The van der Waals surface area contributed by atoms with Crippen LogP contribution in [-0.2, 0) is 17.3 Å². The number of pyridine rings is 1. The number of aromatic nitrogens is 9. The van der Waals surface area contributed by atoms with E-state index in [1.54, 1.807) is 30.2 Å². The Morgan fingerprint density at radius 1 is 1.17 bits per heavy atom. The molecule has 0 saturated heterocycles. The molecular weight excluding hydrogens is 510 g/mol. The van der Waals surface area contributed by atoms with Crippen molar-refractivity contribution in [1.82, 2.24) is 44.4 Å². The number of nitrogens with one attached hydrogen (secondary N) is 1. The Bertz CT molecular complexity index is 1650. The minimum atomic E-state index is -0.827. The summed E-state index contributed by atoms with van der Waals surface area (Å²) in [6, 6.07) is 1.57. The number of fused-ring (bicyclic) bond motifs is 3. The number of rotatable bonds is 4. The summed E-state index contributed by atoms with van der Waals surface area (Å²) in [5.41, 5.74) is 1.95. The zero-order chi connectivity index (χ0) is 25.2.